The van der Waals surface area contributed by atoms with E-state index in [0.29, 0.717) is 17.7 Å². The molecule has 0 fully saturated rings. The van der Waals surface area contributed by atoms with E-state index in [1.165, 1.54) is 12.1 Å². The van der Waals surface area contributed by atoms with Crippen molar-refractivity contribution in [3.8, 4) is 16.9 Å². The first-order chi connectivity index (χ1) is 19.4. The van der Waals surface area contributed by atoms with E-state index >= 15 is 0 Å². The van der Waals surface area contributed by atoms with E-state index < -0.39 is 0 Å². The SMILES string of the molecule is Cn1cc2c3c(c[nH]c(=O)c31)CN(c1ccc(F)cc1)c1ccc(NC(=O)Cc3ccc4c(c3)CCCO4)cc1-2. The van der Waals surface area contributed by atoms with Gasteiger partial charge < -0.3 is 24.5 Å². The number of fused-ring (bicyclic) bond motifs is 3. The fourth-order valence-electron chi connectivity index (χ4n) is 5.93. The number of aromatic nitrogens is 2. The number of anilines is 3. The average Bonchev–Trinajstić information content (AvgIpc) is 3.25. The van der Waals surface area contributed by atoms with Crippen molar-refractivity contribution in [1.29, 1.82) is 0 Å². The van der Waals surface area contributed by atoms with Gasteiger partial charge in [0.2, 0.25) is 5.91 Å². The quantitative estimate of drug-likeness (QED) is 0.304. The molecule has 0 spiro atoms. The third-order valence-corrected chi connectivity index (χ3v) is 7.76. The van der Waals surface area contributed by atoms with Crippen molar-refractivity contribution in [1.82, 2.24) is 9.55 Å². The molecule has 0 aliphatic carbocycles. The lowest BCUT2D eigenvalue weighted by atomic mass is 10.0. The second-order valence-electron chi connectivity index (χ2n) is 10.4. The zero-order valence-electron chi connectivity index (χ0n) is 22.0. The second kappa shape index (κ2) is 9.41. The number of carbonyl (C=O) groups excluding carboxylic acids is 1. The van der Waals surface area contributed by atoms with Gasteiger partial charge in [-0.1, -0.05) is 12.1 Å². The van der Waals surface area contributed by atoms with Crippen LogP contribution in [0.5, 0.6) is 5.75 Å². The molecule has 0 saturated carbocycles. The summed E-state index contributed by atoms with van der Waals surface area (Å²) in [6.07, 6.45) is 5.89. The number of carbonyl (C=O) groups is 1. The Labute approximate surface area is 229 Å². The Morgan fingerprint density at radius 2 is 1.90 bits per heavy atom. The first-order valence-electron chi connectivity index (χ1n) is 13.4. The lowest BCUT2D eigenvalue weighted by Gasteiger charge is -2.26. The highest BCUT2D eigenvalue weighted by molar-refractivity contribution is 6.04. The minimum absolute atomic E-state index is 0.115. The summed E-state index contributed by atoms with van der Waals surface area (Å²) in [4.78, 5) is 30.9. The summed E-state index contributed by atoms with van der Waals surface area (Å²) < 4.78 is 21.3. The highest BCUT2D eigenvalue weighted by atomic mass is 19.1. The number of halogens is 1. The van der Waals surface area contributed by atoms with Gasteiger partial charge in [-0.3, -0.25) is 9.59 Å². The molecule has 3 aromatic carbocycles. The number of rotatable bonds is 4. The minimum atomic E-state index is -0.307. The minimum Gasteiger partial charge on any atom is -0.493 e. The second-order valence-corrected chi connectivity index (χ2v) is 10.4. The van der Waals surface area contributed by atoms with Crippen molar-refractivity contribution in [3.63, 3.8) is 0 Å². The lowest BCUT2D eigenvalue weighted by molar-refractivity contribution is -0.115. The van der Waals surface area contributed by atoms with Crippen LogP contribution in [-0.2, 0) is 31.2 Å². The van der Waals surface area contributed by atoms with Crippen molar-refractivity contribution in [2.45, 2.75) is 25.8 Å². The van der Waals surface area contributed by atoms with E-state index in [4.69, 9.17) is 4.74 Å². The summed E-state index contributed by atoms with van der Waals surface area (Å²) >= 11 is 0. The van der Waals surface area contributed by atoms with Crippen LogP contribution in [0.25, 0.3) is 22.0 Å². The first kappa shape index (κ1) is 24.2. The molecule has 0 atom stereocenters. The van der Waals surface area contributed by atoms with Crippen LogP contribution in [-0.4, -0.2) is 22.1 Å². The molecule has 40 heavy (non-hydrogen) atoms. The Morgan fingerprint density at radius 3 is 2.75 bits per heavy atom. The number of ether oxygens (including phenoxy) is 1. The van der Waals surface area contributed by atoms with Gasteiger partial charge in [0.15, 0.2) is 0 Å². The Bertz CT molecular complexity index is 1860. The Morgan fingerprint density at radius 1 is 1.05 bits per heavy atom. The third-order valence-electron chi connectivity index (χ3n) is 7.76. The van der Waals surface area contributed by atoms with Gasteiger partial charge in [0, 0.05) is 53.0 Å². The van der Waals surface area contributed by atoms with Crippen LogP contribution in [0.2, 0.25) is 0 Å². The standard InChI is InChI=1S/C32H27FN4O3/c1-36-18-26-25-15-23(35-29(38)14-19-4-11-28-20(13-19)3-2-12-40-28)7-10-27(25)37(24-8-5-22(33)6-9-24)17-21-16-34-32(39)31(36)30(21)26/h4-11,13,15-16,18H,2-3,12,14,17H2,1H3,(H,34,39)(H,35,38). The molecule has 0 radical (unpaired) electrons. The molecule has 1 amide bonds. The van der Waals surface area contributed by atoms with Crippen LogP contribution in [0.4, 0.5) is 21.5 Å². The molecule has 4 heterocycles. The molecule has 5 aromatic rings. The largest absolute Gasteiger partial charge is 0.493 e. The number of hydrogen-bond acceptors (Lipinski definition) is 4. The number of pyridine rings is 1. The van der Waals surface area contributed by atoms with Gasteiger partial charge in [-0.2, -0.15) is 0 Å². The molecule has 200 valence electrons. The predicted molar refractivity (Wildman–Crippen MR) is 154 cm³/mol. The zero-order chi connectivity index (χ0) is 27.4. The highest BCUT2D eigenvalue weighted by Gasteiger charge is 2.26. The molecule has 2 N–H and O–H groups in total. The molecule has 0 saturated heterocycles. The fraction of sp³-hybridized carbons (Fsp3) is 0.188. The summed E-state index contributed by atoms with van der Waals surface area (Å²) in [5, 5.41) is 3.94. The van der Waals surface area contributed by atoms with Crippen LogP contribution in [0, 0.1) is 5.82 Å². The Kier molecular flexibility index (Phi) is 5.70. The van der Waals surface area contributed by atoms with Gasteiger partial charge in [-0.15, -0.1) is 0 Å². The molecule has 0 bridgehead atoms. The predicted octanol–water partition coefficient (Wildman–Crippen LogP) is 5.83. The number of nitrogens with one attached hydrogen (secondary N) is 2. The van der Waals surface area contributed by atoms with E-state index in [0.717, 1.165) is 69.8 Å². The normalized spacial score (nSPS) is 13.8. The van der Waals surface area contributed by atoms with Crippen LogP contribution in [0.1, 0.15) is 23.1 Å². The molecular formula is C32H27FN4O3. The summed E-state index contributed by atoms with van der Waals surface area (Å²) in [5.41, 5.74) is 7.63. The van der Waals surface area contributed by atoms with E-state index in [2.05, 4.69) is 21.3 Å². The molecular weight excluding hydrogens is 507 g/mol. The maximum atomic E-state index is 13.8. The van der Waals surface area contributed by atoms with E-state index in [1.807, 2.05) is 48.1 Å². The van der Waals surface area contributed by atoms with Gasteiger partial charge in [-0.05, 0) is 78.1 Å². The number of nitrogens with zero attached hydrogens (tertiary/aromatic N) is 2. The highest BCUT2D eigenvalue weighted by Crippen LogP contribution is 2.45. The molecule has 7 rings (SSSR count). The van der Waals surface area contributed by atoms with E-state index in [9.17, 15) is 14.0 Å². The number of H-pyrrole nitrogens is 1. The monoisotopic (exact) mass is 534 g/mol. The van der Waals surface area contributed by atoms with Crippen LogP contribution >= 0.6 is 0 Å². The topological polar surface area (TPSA) is 79.4 Å². The maximum Gasteiger partial charge on any atom is 0.272 e. The summed E-state index contributed by atoms with van der Waals surface area (Å²) in [6, 6.07) is 18.1. The number of hydrogen-bond donors (Lipinski definition) is 2. The molecule has 2 aromatic heterocycles. The smallest absolute Gasteiger partial charge is 0.272 e. The van der Waals surface area contributed by atoms with E-state index in [1.54, 1.807) is 18.3 Å². The third kappa shape index (κ3) is 4.12. The van der Waals surface area contributed by atoms with Crippen LogP contribution < -0.4 is 20.5 Å². The lowest BCUT2D eigenvalue weighted by Crippen LogP contribution is -2.18. The number of benzene rings is 3. The maximum absolute atomic E-state index is 13.8. The van der Waals surface area contributed by atoms with Crippen molar-refractivity contribution in [2.75, 3.05) is 16.8 Å². The van der Waals surface area contributed by atoms with E-state index in [-0.39, 0.29) is 23.7 Å². The van der Waals surface area contributed by atoms with Crippen molar-refractivity contribution in [3.05, 3.63) is 106 Å². The van der Waals surface area contributed by atoms with Crippen LogP contribution in [0.3, 0.4) is 0 Å². The van der Waals surface area contributed by atoms with Crippen LogP contribution in [0.15, 0.2) is 77.9 Å². The summed E-state index contributed by atoms with van der Waals surface area (Å²) in [5.74, 6) is 0.481. The molecule has 2 aliphatic heterocycles. The number of amides is 1. The van der Waals surface area contributed by atoms with Gasteiger partial charge in [-0.25, -0.2) is 4.39 Å². The number of aromatic amines is 1. The average molecular weight is 535 g/mol. The van der Waals surface area contributed by atoms with Gasteiger partial charge in [0.1, 0.15) is 17.1 Å². The van der Waals surface area contributed by atoms with Gasteiger partial charge in [0.05, 0.1) is 19.6 Å². The first-order valence-corrected chi connectivity index (χ1v) is 13.4. The van der Waals surface area contributed by atoms with Crippen molar-refractivity contribution < 1.29 is 13.9 Å². The molecule has 8 heteroatoms. The number of aryl methyl sites for hydroxylation is 2. The molecule has 2 aliphatic rings. The Balaban J connectivity index is 1.28. The zero-order valence-corrected chi connectivity index (χ0v) is 22.0. The fourth-order valence-corrected chi connectivity index (χ4v) is 5.93. The summed E-state index contributed by atoms with van der Waals surface area (Å²) in [7, 11) is 1.86. The summed E-state index contributed by atoms with van der Waals surface area (Å²) in [6.45, 7) is 1.22. The molecule has 7 nitrogen and oxygen atoms in total. The van der Waals surface area contributed by atoms with Gasteiger partial charge >= 0.3 is 0 Å². The Hall–Kier alpha value is -4.85. The molecule has 0 unspecified atom stereocenters. The van der Waals surface area contributed by atoms with Crippen molar-refractivity contribution >= 4 is 33.9 Å². The van der Waals surface area contributed by atoms with Gasteiger partial charge in [0.25, 0.3) is 5.56 Å². The van der Waals surface area contributed by atoms with Crippen molar-refractivity contribution in [2.24, 2.45) is 7.05 Å².